The Hall–Kier alpha value is -2.57. The van der Waals surface area contributed by atoms with Crippen LogP contribution in [0.25, 0.3) is 11.4 Å². The first-order chi connectivity index (χ1) is 13.5. The number of aryl methyl sites for hydroxylation is 1. The zero-order valence-electron chi connectivity index (χ0n) is 15.2. The van der Waals surface area contributed by atoms with Gasteiger partial charge in [-0.2, -0.15) is 4.98 Å². The summed E-state index contributed by atoms with van der Waals surface area (Å²) in [6, 6.07) is 12.4. The minimum absolute atomic E-state index is 0.240. The molecule has 28 heavy (non-hydrogen) atoms. The Kier molecular flexibility index (Phi) is 5.24. The average Bonchev–Trinajstić information content (AvgIpc) is 3.34. The fraction of sp³-hybridized carbons (Fsp3) is 0.250. The van der Waals surface area contributed by atoms with Gasteiger partial charge in [0.2, 0.25) is 11.7 Å². The van der Waals surface area contributed by atoms with Crippen molar-refractivity contribution in [1.82, 2.24) is 15.0 Å². The highest BCUT2D eigenvalue weighted by molar-refractivity contribution is 6.42. The molecule has 144 valence electrons. The fourth-order valence-electron chi connectivity index (χ4n) is 3.23. The van der Waals surface area contributed by atoms with Crippen LogP contribution in [0.1, 0.15) is 30.3 Å². The summed E-state index contributed by atoms with van der Waals surface area (Å²) in [5.41, 5.74) is 2.62. The summed E-state index contributed by atoms with van der Waals surface area (Å²) in [6.07, 6.45) is 1.63. The minimum Gasteiger partial charge on any atom is -0.337 e. The summed E-state index contributed by atoms with van der Waals surface area (Å²) >= 11 is 11.9. The number of anilines is 1. The molecule has 4 rings (SSSR count). The Bertz CT molecular complexity index is 1000. The Balaban J connectivity index is 1.51. The fourth-order valence-corrected chi connectivity index (χ4v) is 3.52. The molecule has 1 saturated heterocycles. The van der Waals surface area contributed by atoms with Crippen LogP contribution < -0.4 is 5.32 Å². The molecule has 2 heterocycles. The maximum absolute atomic E-state index is 12.8. The van der Waals surface area contributed by atoms with Crippen molar-refractivity contribution in [2.75, 3.05) is 11.9 Å². The molecule has 1 aromatic heterocycles. The molecule has 1 fully saturated rings. The summed E-state index contributed by atoms with van der Waals surface area (Å²) in [6.45, 7) is 2.63. The third kappa shape index (κ3) is 3.84. The first-order valence-electron chi connectivity index (χ1n) is 8.94. The lowest BCUT2D eigenvalue weighted by molar-refractivity contribution is 0.193. The van der Waals surface area contributed by atoms with Crippen LogP contribution in [0.4, 0.5) is 10.5 Å². The van der Waals surface area contributed by atoms with Gasteiger partial charge in [-0.25, -0.2) is 4.79 Å². The van der Waals surface area contributed by atoms with Crippen molar-refractivity contribution in [2.24, 2.45) is 0 Å². The lowest BCUT2D eigenvalue weighted by Gasteiger charge is -2.22. The normalized spacial score (nSPS) is 16.4. The second-order valence-corrected chi connectivity index (χ2v) is 7.55. The molecular weight excluding hydrogens is 399 g/mol. The first-order valence-corrected chi connectivity index (χ1v) is 9.70. The number of halogens is 2. The minimum atomic E-state index is -0.255. The Labute approximate surface area is 172 Å². The first kappa shape index (κ1) is 18.8. The summed E-state index contributed by atoms with van der Waals surface area (Å²) in [5, 5.41) is 7.76. The van der Waals surface area contributed by atoms with Crippen molar-refractivity contribution in [2.45, 2.75) is 25.8 Å². The molecular formula is C20H18Cl2N4O2. The van der Waals surface area contributed by atoms with Gasteiger partial charge in [-0.05, 0) is 38.0 Å². The molecule has 3 aromatic rings. The lowest BCUT2D eigenvalue weighted by Crippen LogP contribution is -2.34. The maximum Gasteiger partial charge on any atom is 0.322 e. The number of aromatic nitrogens is 2. The van der Waals surface area contributed by atoms with E-state index in [1.807, 2.05) is 31.2 Å². The van der Waals surface area contributed by atoms with Gasteiger partial charge in [0.25, 0.3) is 0 Å². The van der Waals surface area contributed by atoms with Gasteiger partial charge in [-0.1, -0.05) is 58.2 Å². The quantitative estimate of drug-likeness (QED) is 0.592. The molecule has 0 aliphatic carbocycles. The molecule has 0 bridgehead atoms. The Morgan fingerprint density at radius 1 is 1.18 bits per heavy atom. The number of hydrogen-bond acceptors (Lipinski definition) is 4. The van der Waals surface area contributed by atoms with Gasteiger partial charge >= 0.3 is 6.03 Å². The highest BCUT2D eigenvalue weighted by Crippen LogP contribution is 2.33. The van der Waals surface area contributed by atoms with E-state index >= 15 is 0 Å². The summed E-state index contributed by atoms with van der Waals surface area (Å²) in [7, 11) is 0. The number of rotatable bonds is 3. The van der Waals surface area contributed by atoms with Gasteiger partial charge < -0.3 is 14.7 Å². The monoisotopic (exact) mass is 416 g/mol. The number of hydrogen-bond donors (Lipinski definition) is 1. The number of benzene rings is 2. The third-order valence-corrected chi connectivity index (χ3v) is 5.46. The zero-order chi connectivity index (χ0) is 19.7. The van der Waals surface area contributed by atoms with Gasteiger partial charge in [-0.15, -0.1) is 0 Å². The van der Waals surface area contributed by atoms with E-state index in [1.165, 1.54) is 0 Å². The molecule has 1 N–H and O–H groups in total. The smallest absolute Gasteiger partial charge is 0.322 e. The zero-order valence-corrected chi connectivity index (χ0v) is 16.7. The second-order valence-electron chi connectivity index (χ2n) is 6.73. The second kappa shape index (κ2) is 7.81. The Morgan fingerprint density at radius 2 is 1.96 bits per heavy atom. The van der Waals surface area contributed by atoms with E-state index in [4.69, 9.17) is 27.7 Å². The van der Waals surface area contributed by atoms with Gasteiger partial charge in [0.1, 0.15) is 6.04 Å². The molecule has 6 nitrogen and oxygen atoms in total. The molecule has 1 atom stereocenters. The SMILES string of the molecule is Cc1ccc(-c2noc([C@@H]3CCCN3C(=O)Nc3ccc(Cl)c(Cl)c3)n2)cc1. The largest absolute Gasteiger partial charge is 0.337 e. The predicted molar refractivity (Wildman–Crippen MR) is 109 cm³/mol. The lowest BCUT2D eigenvalue weighted by atomic mass is 10.1. The van der Waals surface area contributed by atoms with Crippen LogP contribution in [-0.4, -0.2) is 27.6 Å². The molecule has 8 heteroatoms. The number of nitrogens with one attached hydrogen (secondary N) is 1. The van der Waals surface area contributed by atoms with E-state index in [2.05, 4.69) is 15.5 Å². The van der Waals surface area contributed by atoms with E-state index < -0.39 is 0 Å². The number of urea groups is 1. The maximum atomic E-state index is 12.8. The van der Waals surface area contributed by atoms with Crippen molar-refractivity contribution >= 4 is 34.9 Å². The summed E-state index contributed by atoms with van der Waals surface area (Å²) < 4.78 is 5.48. The van der Waals surface area contributed by atoms with Crippen LogP contribution >= 0.6 is 23.2 Å². The molecule has 0 spiro atoms. The average molecular weight is 417 g/mol. The summed E-state index contributed by atoms with van der Waals surface area (Å²) in [4.78, 5) is 19.0. The highest BCUT2D eigenvalue weighted by atomic mass is 35.5. The van der Waals surface area contributed by atoms with Crippen LogP contribution in [0.15, 0.2) is 47.0 Å². The van der Waals surface area contributed by atoms with E-state index in [-0.39, 0.29) is 12.1 Å². The van der Waals surface area contributed by atoms with Crippen LogP contribution in [0, 0.1) is 6.92 Å². The van der Waals surface area contributed by atoms with Crippen molar-refractivity contribution in [1.29, 1.82) is 0 Å². The van der Waals surface area contributed by atoms with Gasteiger partial charge in [0.05, 0.1) is 10.0 Å². The number of likely N-dealkylation sites (tertiary alicyclic amines) is 1. The van der Waals surface area contributed by atoms with E-state index in [0.717, 1.165) is 24.0 Å². The van der Waals surface area contributed by atoms with Crippen molar-refractivity contribution < 1.29 is 9.32 Å². The van der Waals surface area contributed by atoms with Crippen LogP contribution in [0.5, 0.6) is 0 Å². The van der Waals surface area contributed by atoms with E-state index in [9.17, 15) is 4.79 Å². The van der Waals surface area contributed by atoms with Crippen LogP contribution in [0.2, 0.25) is 10.0 Å². The molecule has 1 aliphatic heterocycles. The van der Waals surface area contributed by atoms with Crippen LogP contribution in [-0.2, 0) is 0 Å². The number of nitrogens with zero attached hydrogens (tertiary/aromatic N) is 3. The molecule has 0 radical (unpaired) electrons. The van der Waals surface area contributed by atoms with Gasteiger partial charge in [-0.3, -0.25) is 0 Å². The number of carbonyl (C=O) groups excluding carboxylic acids is 1. The number of carbonyl (C=O) groups is 1. The topological polar surface area (TPSA) is 71.3 Å². The molecule has 2 aromatic carbocycles. The third-order valence-electron chi connectivity index (χ3n) is 4.72. The van der Waals surface area contributed by atoms with E-state index in [1.54, 1.807) is 23.1 Å². The standard InChI is InChI=1S/C20H18Cl2N4O2/c1-12-4-6-13(7-5-12)18-24-19(28-25-18)17-3-2-10-26(17)20(27)23-14-8-9-15(21)16(22)11-14/h4-9,11,17H,2-3,10H2,1H3,(H,23,27)/t17-/m0/s1. The summed E-state index contributed by atoms with van der Waals surface area (Å²) in [5.74, 6) is 0.962. The molecule has 1 aliphatic rings. The number of amides is 2. The Morgan fingerprint density at radius 3 is 2.71 bits per heavy atom. The molecule has 0 unspecified atom stereocenters. The molecule has 2 amide bonds. The van der Waals surface area contributed by atoms with Gasteiger partial charge in [0.15, 0.2) is 0 Å². The van der Waals surface area contributed by atoms with Crippen LogP contribution in [0.3, 0.4) is 0 Å². The van der Waals surface area contributed by atoms with E-state index in [0.29, 0.717) is 34.0 Å². The van der Waals surface area contributed by atoms with Crippen molar-refractivity contribution in [3.8, 4) is 11.4 Å². The molecule has 0 saturated carbocycles. The predicted octanol–water partition coefficient (Wildman–Crippen LogP) is 5.72. The highest BCUT2D eigenvalue weighted by Gasteiger charge is 2.34. The van der Waals surface area contributed by atoms with Crippen molar-refractivity contribution in [3.63, 3.8) is 0 Å². The van der Waals surface area contributed by atoms with Gasteiger partial charge in [0, 0.05) is 17.8 Å². The van der Waals surface area contributed by atoms with Crippen molar-refractivity contribution in [3.05, 3.63) is 64.0 Å².